The predicted molar refractivity (Wildman–Crippen MR) is 115 cm³/mol. The summed E-state index contributed by atoms with van der Waals surface area (Å²) in [4.78, 5) is 24.9. The first-order chi connectivity index (χ1) is 13.3. The van der Waals surface area contributed by atoms with Gasteiger partial charge in [-0.1, -0.05) is 77.6 Å². The van der Waals surface area contributed by atoms with Crippen molar-refractivity contribution in [2.75, 3.05) is 6.54 Å². The van der Waals surface area contributed by atoms with Gasteiger partial charge in [0, 0.05) is 6.54 Å². The van der Waals surface area contributed by atoms with Crippen LogP contribution in [0.15, 0.2) is 0 Å². The highest BCUT2D eigenvalue weighted by atomic mass is 16.6. The Labute approximate surface area is 172 Å². The number of nitrogens with one attached hydrogen (secondary N) is 2. The minimum atomic E-state index is -0.791. The molecule has 0 aromatic carbocycles. The van der Waals surface area contributed by atoms with Crippen LogP contribution in [0.4, 0.5) is 4.79 Å². The number of ether oxygens (including phenoxy) is 1. The maximum absolute atomic E-state index is 12.7. The molecule has 0 aromatic rings. The van der Waals surface area contributed by atoms with Gasteiger partial charge in [-0.3, -0.25) is 4.79 Å². The second kappa shape index (κ2) is 13.1. The summed E-state index contributed by atoms with van der Waals surface area (Å²) in [6.07, 6.45) is 15.6. The smallest absolute Gasteiger partial charge is 0.408 e. The normalized spacial score (nSPS) is 16.0. The second-order valence-corrected chi connectivity index (χ2v) is 9.35. The molecule has 164 valence electrons. The molecular formula is C23H44N2O3. The van der Waals surface area contributed by atoms with E-state index in [4.69, 9.17) is 4.74 Å². The van der Waals surface area contributed by atoms with Crippen LogP contribution in [0.5, 0.6) is 0 Å². The van der Waals surface area contributed by atoms with Crippen molar-refractivity contribution in [3.63, 3.8) is 0 Å². The molecule has 0 aliphatic heterocycles. The number of amides is 2. The summed E-state index contributed by atoms with van der Waals surface area (Å²) < 4.78 is 5.36. The van der Waals surface area contributed by atoms with Gasteiger partial charge < -0.3 is 15.4 Å². The van der Waals surface area contributed by atoms with Crippen LogP contribution < -0.4 is 10.6 Å². The molecule has 1 fully saturated rings. The van der Waals surface area contributed by atoms with Gasteiger partial charge in [-0.05, 0) is 40.0 Å². The summed E-state index contributed by atoms with van der Waals surface area (Å²) in [6, 6.07) is 0. The van der Waals surface area contributed by atoms with Gasteiger partial charge in [0.25, 0.3) is 0 Å². The molecule has 0 bridgehead atoms. The van der Waals surface area contributed by atoms with Gasteiger partial charge in [0.05, 0.1) is 0 Å². The summed E-state index contributed by atoms with van der Waals surface area (Å²) in [5, 5.41) is 5.91. The molecule has 0 atom stereocenters. The number of hydrogen-bond donors (Lipinski definition) is 2. The van der Waals surface area contributed by atoms with Crippen LogP contribution in [0.1, 0.15) is 118 Å². The topological polar surface area (TPSA) is 67.4 Å². The first-order valence-corrected chi connectivity index (χ1v) is 11.6. The molecule has 1 aliphatic rings. The van der Waals surface area contributed by atoms with E-state index < -0.39 is 17.2 Å². The van der Waals surface area contributed by atoms with E-state index in [0.29, 0.717) is 19.4 Å². The lowest BCUT2D eigenvalue weighted by molar-refractivity contribution is -0.127. The lowest BCUT2D eigenvalue weighted by Crippen LogP contribution is -2.58. The molecule has 0 heterocycles. The maximum atomic E-state index is 12.7. The number of alkyl carbamates (subject to hydrolysis) is 1. The largest absolute Gasteiger partial charge is 0.444 e. The van der Waals surface area contributed by atoms with E-state index in [2.05, 4.69) is 17.6 Å². The molecule has 28 heavy (non-hydrogen) atoms. The van der Waals surface area contributed by atoms with E-state index in [-0.39, 0.29) is 5.91 Å². The Balaban J connectivity index is 2.20. The van der Waals surface area contributed by atoms with Gasteiger partial charge in [0.2, 0.25) is 5.91 Å². The third kappa shape index (κ3) is 10.3. The third-order valence-electron chi connectivity index (χ3n) is 5.45. The van der Waals surface area contributed by atoms with E-state index in [1.807, 2.05) is 20.8 Å². The van der Waals surface area contributed by atoms with Gasteiger partial charge in [-0.2, -0.15) is 0 Å². The average molecular weight is 397 g/mol. The van der Waals surface area contributed by atoms with E-state index in [0.717, 1.165) is 25.7 Å². The summed E-state index contributed by atoms with van der Waals surface area (Å²) in [7, 11) is 0. The molecule has 1 aliphatic carbocycles. The highest BCUT2D eigenvalue weighted by Gasteiger charge is 2.43. The van der Waals surface area contributed by atoms with E-state index in [1.165, 1.54) is 51.4 Å². The molecule has 0 spiro atoms. The van der Waals surface area contributed by atoms with Gasteiger partial charge in [0.15, 0.2) is 0 Å². The van der Waals surface area contributed by atoms with Crippen molar-refractivity contribution in [3.05, 3.63) is 0 Å². The maximum Gasteiger partial charge on any atom is 0.408 e. The average Bonchev–Trinajstić information content (AvgIpc) is 3.07. The zero-order valence-electron chi connectivity index (χ0n) is 18.8. The molecule has 0 saturated heterocycles. The molecule has 2 amide bonds. The molecule has 2 N–H and O–H groups in total. The Bertz CT molecular complexity index is 451. The van der Waals surface area contributed by atoms with Crippen molar-refractivity contribution in [1.82, 2.24) is 10.6 Å². The summed E-state index contributed by atoms with van der Waals surface area (Å²) in [5.74, 6) is -0.0493. The molecule has 0 radical (unpaired) electrons. The van der Waals surface area contributed by atoms with Crippen molar-refractivity contribution >= 4 is 12.0 Å². The number of rotatable bonds is 13. The first kappa shape index (κ1) is 24.8. The lowest BCUT2D eigenvalue weighted by atomic mass is 9.96. The SMILES string of the molecule is CCCCCCCCCCCCNC(=O)C1(NC(=O)OC(C)(C)C)CCCC1. The Kier molecular flexibility index (Phi) is 11.6. The Morgan fingerprint density at radius 2 is 1.36 bits per heavy atom. The summed E-state index contributed by atoms with van der Waals surface area (Å²) in [6.45, 7) is 8.44. The number of hydrogen-bond acceptors (Lipinski definition) is 3. The first-order valence-electron chi connectivity index (χ1n) is 11.6. The zero-order valence-corrected chi connectivity index (χ0v) is 18.8. The van der Waals surface area contributed by atoms with Gasteiger partial charge >= 0.3 is 6.09 Å². The van der Waals surface area contributed by atoms with Crippen molar-refractivity contribution in [1.29, 1.82) is 0 Å². The minimum absolute atomic E-state index is 0.0493. The molecular weight excluding hydrogens is 352 g/mol. The van der Waals surface area contributed by atoms with Crippen LogP contribution in [0.3, 0.4) is 0 Å². The van der Waals surface area contributed by atoms with E-state index >= 15 is 0 Å². The molecule has 1 rings (SSSR count). The van der Waals surface area contributed by atoms with Crippen LogP contribution in [0.25, 0.3) is 0 Å². The van der Waals surface area contributed by atoms with E-state index in [9.17, 15) is 9.59 Å². The van der Waals surface area contributed by atoms with Gasteiger partial charge in [-0.25, -0.2) is 4.79 Å². The van der Waals surface area contributed by atoms with Crippen molar-refractivity contribution < 1.29 is 14.3 Å². The second-order valence-electron chi connectivity index (χ2n) is 9.35. The Morgan fingerprint density at radius 1 is 0.857 bits per heavy atom. The number of unbranched alkanes of at least 4 members (excludes halogenated alkanes) is 9. The van der Waals surface area contributed by atoms with Crippen LogP contribution in [0.2, 0.25) is 0 Å². The zero-order chi connectivity index (χ0) is 20.9. The van der Waals surface area contributed by atoms with Crippen LogP contribution in [0, 0.1) is 0 Å². The monoisotopic (exact) mass is 396 g/mol. The van der Waals surface area contributed by atoms with Gasteiger partial charge in [-0.15, -0.1) is 0 Å². The van der Waals surface area contributed by atoms with Crippen LogP contribution >= 0.6 is 0 Å². The molecule has 5 heteroatoms. The number of carbonyl (C=O) groups excluding carboxylic acids is 2. The Hall–Kier alpha value is -1.26. The molecule has 0 aromatic heterocycles. The fraction of sp³-hybridized carbons (Fsp3) is 0.913. The molecule has 1 saturated carbocycles. The summed E-state index contributed by atoms with van der Waals surface area (Å²) >= 11 is 0. The molecule has 5 nitrogen and oxygen atoms in total. The predicted octanol–water partition coefficient (Wildman–Crippen LogP) is 5.86. The molecule has 0 unspecified atom stereocenters. The highest BCUT2D eigenvalue weighted by molar-refractivity contribution is 5.90. The van der Waals surface area contributed by atoms with Crippen molar-refractivity contribution in [2.24, 2.45) is 0 Å². The van der Waals surface area contributed by atoms with Gasteiger partial charge in [0.1, 0.15) is 11.1 Å². The quantitative estimate of drug-likeness (QED) is 0.383. The minimum Gasteiger partial charge on any atom is -0.444 e. The highest BCUT2D eigenvalue weighted by Crippen LogP contribution is 2.30. The van der Waals surface area contributed by atoms with E-state index in [1.54, 1.807) is 0 Å². The third-order valence-corrected chi connectivity index (χ3v) is 5.45. The van der Waals surface area contributed by atoms with Crippen molar-refractivity contribution in [2.45, 2.75) is 129 Å². The fourth-order valence-electron chi connectivity index (χ4n) is 3.87. The van der Waals surface area contributed by atoms with Crippen LogP contribution in [-0.4, -0.2) is 29.7 Å². The van der Waals surface area contributed by atoms with Crippen LogP contribution in [-0.2, 0) is 9.53 Å². The fourth-order valence-corrected chi connectivity index (χ4v) is 3.87. The summed E-state index contributed by atoms with van der Waals surface area (Å²) in [5.41, 5.74) is -1.35. The standard InChI is InChI=1S/C23H44N2O3/c1-5-6-7-8-9-10-11-12-13-16-19-24-20(26)23(17-14-15-18-23)25-21(27)28-22(2,3)4/h5-19H2,1-4H3,(H,24,26)(H,25,27). The Morgan fingerprint density at radius 3 is 1.86 bits per heavy atom. The number of carbonyl (C=O) groups is 2. The van der Waals surface area contributed by atoms with Crippen molar-refractivity contribution in [3.8, 4) is 0 Å². The lowest BCUT2D eigenvalue weighted by Gasteiger charge is -2.30.